The predicted octanol–water partition coefficient (Wildman–Crippen LogP) is 17.4. The van der Waals surface area contributed by atoms with Gasteiger partial charge in [-0.15, -0.1) is 30.6 Å². The largest absolute Gasteiger partial charge is 0.482 e. The molecule has 444 valence electrons. The standard InChI is InChI=1S/C65H94N6O7S3/c1-5-9-13-17-21-25-29-33-58-66-69-61(79-58)50-36-42-54(43-37-50)76-57(32-28-24-20-16-12-8-4)65(64(74)75-49-53(73)48-72,77-55-44-38-51(39-45-55)62-70-67-59(80-62)34-30-26-22-18-14-10-6-2)78-56-46-40-52(41-47-56)63-71-68-60(81-63)35-31-27-23-19-15-11-7-3/h36-47,53,57,72-73H,5-35,48-49H2,1-4H3. The van der Waals surface area contributed by atoms with Crippen LogP contribution in [0.3, 0.4) is 0 Å². The van der Waals surface area contributed by atoms with Gasteiger partial charge < -0.3 is 29.2 Å². The summed E-state index contributed by atoms with van der Waals surface area (Å²) in [6, 6.07) is 22.5. The van der Waals surface area contributed by atoms with Crippen LogP contribution in [0.15, 0.2) is 72.8 Å². The number of unbranched alkanes of at least 4 members (excludes halogenated alkanes) is 23. The first kappa shape index (κ1) is 65.3. The summed E-state index contributed by atoms with van der Waals surface area (Å²) in [6.07, 6.45) is 32.5. The molecule has 6 aromatic rings. The molecule has 0 aliphatic heterocycles. The fourth-order valence-electron chi connectivity index (χ4n) is 9.76. The molecule has 0 bridgehead atoms. The summed E-state index contributed by atoms with van der Waals surface area (Å²) in [6.45, 7) is 7.83. The van der Waals surface area contributed by atoms with E-state index in [0.29, 0.717) is 30.1 Å². The van der Waals surface area contributed by atoms with Gasteiger partial charge in [-0.05, 0) is 105 Å². The molecule has 0 fully saturated rings. The van der Waals surface area contributed by atoms with Gasteiger partial charge >= 0.3 is 11.8 Å². The molecule has 81 heavy (non-hydrogen) atoms. The number of ether oxygens (including phenoxy) is 4. The molecular weight excluding hydrogens is 1070 g/mol. The van der Waals surface area contributed by atoms with Gasteiger partial charge in [0.15, 0.2) is 6.10 Å². The fraction of sp³-hybridized carbons (Fsp3) is 0.615. The molecule has 0 aliphatic carbocycles. The molecular formula is C65H94N6O7S3. The third-order valence-corrected chi connectivity index (χ3v) is 17.7. The number of aryl methyl sites for hydroxylation is 3. The van der Waals surface area contributed by atoms with E-state index in [-0.39, 0.29) is 0 Å². The molecule has 0 saturated carbocycles. The highest BCUT2D eigenvalue weighted by molar-refractivity contribution is 7.15. The summed E-state index contributed by atoms with van der Waals surface area (Å²) < 4.78 is 26.9. The minimum Gasteiger partial charge on any atom is -0.482 e. The molecule has 2 atom stereocenters. The van der Waals surface area contributed by atoms with Crippen LogP contribution in [0.4, 0.5) is 0 Å². The number of carbonyl (C=O) groups excluding carboxylic acids is 1. The van der Waals surface area contributed by atoms with Gasteiger partial charge in [0.05, 0.1) is 6.61 Å². The number of aliphatic hydroxyl groups excluding tert-OH is 2. The summed E-state index contributed by atoms with van der Waals surface area (Å²) >= 11 is 4.80. The van der Waals surface area contributed by atoms with Crippen LogP contribution in [0.1, 0.15) is 223 Å². The molecule has 13 nitrogen and oxygen atoms in total. The normalized spacial score (nSPS) is 12.4. The maximum absolute atomic E-state index is 15.2. The Bertz CT molecular complexity index is 2490. The monoisotopic (exact) mass is 1170 g/mol. The smallest absolute Gasteiger partial charge is 0.397 e. The Morgan fingerprint density at radius 3 is 1.11 bits per heavy atom. The molecule has 0 radical (unpaired) electrons. The van der Waals surface area contributed by atoms with Crippen LogP contribution in [-0.4, -0.2) is 78.0 Å². The second-order valence-electron chi connectivity index (χ2n) is 21.7. The molecule has 0 amide bonds. The van der Waals surface area contributed by atoms with Crippen LogP contribution in [0.2, 0.25) is 0 Å². The molecule has 3 aromatic heterocycles. The Labute approximate surface area is 496 Å². The number of carbonyl (C=O) groups is 1. The van der Waals surface area contributed by atoms with E-state index in [2.05, 4.69) is 58.3 Å². The van der Waals surface area contributed by atoms with Crippen molar-refractivity contribution in [3.8, 4) is 49.0 Å². The van der Waals surface area contributed by atoms with Crippen LogP contribution >= 0.6 is 34.0 Å². The van der Waals surface area contributed by atoms with Gasteiger partial charge in [-0.25, -0.2) is 4.79 Å². The molecule has 3 aromatic carbocycles. The zero-order valence-electron chi connectivity index (χ0n) is 49.3. The lowest BCUT2D eigenvalue weighted by Gasteiger charge is -2.38. The van der Waals surface area contributed by atoms with Crippen molar-refractivity contribution in [3.63, 3.8) is 0 Å². The number of hydrogen-bond donors (Lipinski definition) is 2. The minimum absolute atomic E-state index is 0.320. The summed E-state index contributed by atoms with van der Waals surface area (Å²) in [7, 11) is 0. The molecule has 6 rings (SSSR count). The number of esters is 1. The topological polar surface area (TPSA) is 172 Å². The third kappa shape index (κ3) is 23.0. The second kappa shape index (κ2) is 38.1. The maximum Gasteiger partial charge on any atom is 0.397 e. The Kier molecular flexibility index (Phi) is 30.7. The van der Waals surface area contributed by atoms with E-state index < -0.39 is 37.2 Å². The van der Waals surface area contributed by atoms with Gasteiger partial charge in [-0.1, -0.05) is 209 Å². The second-order valence-corrected chi connectivity index (χ2v) is 24.8. The lowest BCUT2D eigenvalue weighted by molar-refractivity contribution is -0.218. The highest BCUT2D eigenvalue weighted by Crippen LogP contribution is 2.37. The van der Waals surface area contributed by atoms with Crippen molar-refractivity contribution in [2.24, 2.45) is 0 Å². The van der Waals surface area contributed by atoms with Crippen LogP contribution in [0, 0.1) is 0 Å². The summed E-state index contributed by atoms with van der Waals surface area (Å²) in [5.41, 5.74) is 2.64. The maximum atomic E-state index is 15.2. The number of nitrogens with zero attached hydrogens (tertiary/aromatic N) is 6. The predicted molar refractivity (Wildman–Crippen MR) is 332 cm³/mol. The first-order valence-electron chi connectivity index (χ1n) is 31.1. The average molecular weight is 1170 g/mol. The van der Waals surface area contributed by atoms with Gasteiger partial charge in [0.2, 0.25) is 0 Å². The van der Waals surface area contributed by atoms with E-state index in [1.807, 2.05) is 48.5 Å². The lowest BCUT2D eigenvalue weighted by Crippen LogP contribution is -2.62. The molecule has 0 spiro atoms. The van der Waals surface area contributed by atoms with E-state index in [4.69, 9.17) is 18.9 Å². The molecule has 16 heteroatoms. The zero-order chi connectivity index (χ0) is 57.2. The molecule has 3 heterocycles. The van der Waals surface area contributed by atoms with Crippen LogP contribution in [-0.2, 0) is 28.8 Å². The van der Waals surface area contributed by atoms with Crippen molar-refractivity contribution in [3.05, 3.63) is 87.8 Å². The first-order valence-corrected chi connectivity index (χ1v) is 33.5. The van der Waals surface area contributed by atoms with Crippen molar-refractivity contribution in [1.82, 2.24) is 30.6 Å². The molecule has 0 saturated heterocycles. The van der Waals surface area contributed by atoms with Gasteiger partial charge in [0.25, 0.3) is 0 Å². The van der Waals surface area contributed by atoms with Gasteiger partial charge in [-0.3, -0.25) is 0 Å². The number of aromatic nitrogens is 6. The molecule has 2 N–H and O–H groups in total. The van der Waals surface area contributed by atoms with Crippen LogP contribution in [0.25, 0.3) is 31.7 Å². The molecule has 0 aliphatic rings. The van der Waals surface area contributed by atoms with Crippen LogP contribution < -0.4 is 14.2 Å². The fourth-order valence-corrected chi connectivity index (χ4v) is 12.4. The Hall–Kier alpha value is -4.87. The van der Waals surface area contributed by atoms with E-state index in [1.54, 1.807) is 58.3 Å². The highest BCUT2D eigenvalue weighted by Gasteiger charge is 2.55. The van der Waals surface area contributed by atoms with Gasteiger partial charge in [-0.2, -0.15) is 0 Å². The van der Waals surface area contributed by atoms with Gasteiger partial charge in [0.1, 0.15) is 60.0 Å². The number of aliphatic hydroxyl groups is 2. The van der Waals surface area contributed by atoms with Crippen molar-refractivity contribution in [1.29, 1.82) is 0 Å². The first-order chi connectivity index (χ1) is 39.8. The Morgan fingerprint density at radius 2 is 0.765 bits per heavy atom. The number of rotatable bonds is 45. The van der Waals surface area contributed by atoms with Crippen molar-refractivity contribution in [2.75, 3.05) is 13.2 Å². The van der Waals surface area contributed by atoms with E-state index in [1.165, 1.54) is 116 Å². The van der Waals surface area contributed by atoms with Crippen molar-refractivity contribution in [2.45, 2.75) is 245 Å². The third-order valence-electron chi connectivity index (χ3n) is 14.7. The summed E-state index contributed by atoms with van der Waals surface area (Å²) in [4.78, 5) is 15.2. The van der Waals surface area contributed by atoms with Gasteiger partial charge in [0, 0.05) is 36.0 Å². The number of benzene rings is 3. The Morgan fingerprint density at radius 1 is 0.444 bits per heavy atom. The van der Waals surface area contributed by atoms with Crippen molar-refractivity contribution < 1.29 is 34.0 Å². The van der Waals surface area contributed by atoms with E-state index in [9.17, 15) is 10.2 Å². The summed E-state index contributed by atoms with van der Waals surface area (Å²) in [5.74, 6) is -2.07. The number of hydrogen-bond acceptors (Lipinski definition) is 16. The lowest BCUT2D eigenvalue weighted by atomic mass is 10.00. The van der Waals surface area contributed by atoms with E-state index in [0.717, 1.165) is 117 Å². The SMILES string of the molecule is CCCCCCCCCc1nnc(-c2ccc(OC(CCCCCCCC)C(Oc3ccc(-c4nnc(CCCCCCCCC)s4)cc3)(Oc3ccc(-c4nnc(CCCCCCCCC)s4)cc3)C(=O)OCC(O)CO)cc2)s1. The summed E-state index contributed by atoms with van der Waals surface area (Å²) in [5, 5.41) is 53.2. The zero-order valence-corrected chi connectivity index (χ0v) is 51.7. The van der Waals surface area contributed by atoms with Crippen molar-refractivity contribution >= 4 is 40.0 Å². The van der Waals surface area contributed by atoms with Crippen LogP contribution in [0.5, 0.6) is 17.2 Å². The minimum atomic E-state index is -2.27. The van der Waals surface area contributed by atoms with E-state index >= 15 is 4.79 Å². The Balaban J connectivity index is 1.30. The quantitative estimate of drug-likeness (QED) is 0.0210. The molecule has 2 unspecified atom stereocenters. The average Bonchev–Trinajstić information content (AvgIpc) is 4.42. The highest BCUT2D eigenvalue weighted by atomic mass is 32.1.